The summed E-state index contributed by atoms with van der Waals surface area (Å²) < 4.78 is 0. The molecule has 3 unspecified atom stereocenters. The Bertz CT molecular complexity index is 749. The number of nitrogens with zero attached hydrogens (tertiary/aromatic N) is 4. The first-order chi connectivity index (χ1) is 11.6. The minimum atomic E-state index is -0.419. The quantitative estimate of drug-likeness (QED) is 0.605. The van der Waals surface area contributed by atoms with Crippen molar-refractivity contribution in [3.8, 4) is 0 Å². The number of thioether (sulfide) groups is 1. The molecular weight excluding hydrogens is 332 g/mol. The van der Waals surface area contributed by atoms with Crippen LogP contribution in [0, 0.1) is 16.0 Å². The average molecular weight is 346 g/mol. The Kier molecular flexibility index (Phi) is 3.60. The Hall–Kier alpha value is -2.62. The van der Waals surface area contributed by atoms with Gasteiger partial charge in [-0.15, -0.1) is 11.8 Å². The van der Waals surface area contributed by atoms with E-state index >= 15 is 0 Å². The number of carbonyl (C=O) groups is 1. The molecule has 1 fully saturated rings. The van der Waals surface area contributed by atoms with Crippen LogP contribution in [0.3, 0.4) is 0 Å². The molecule has 9 nitrogen and oxygen atoms in total. The zero-order chi connectivity index (χ0) is 16.7. The maximum atomic E-state index is 12.5. The largest absolute Gasteiger partial charge is 0.333 e. The van der Waals surface area contributed by atoms with Crippen LogP contribution in [0.15, 0.2) is 39.3 Å². The fraction of sp³-hybridized carbons (Fsp3) is 0.357. The molecule has 0 saturated carbocycles. The van der Waals surface area contributed by atoms with Gasteiger partial charge in [0.05, 0.1) is 11.5 Å². The van der Waals surface area contributed by atoms with Gasteiger partial charge in [0.25, 0.3) is 5.69 Å². The molecule has 0 aliphatic carbocycles. The number of fused-ring (bicyclic) bond motifs is 2. The van der Waals surface area contributed by atoms with Gasteiger partial charge in [-0.25, -0.2) is 0 Å². The SMILES string of the molecule is O=C1C2C=NNC2NC2=NCC(Sc3ccc([N+](=O)[O-])cc3)CN12. The Morgan fingerprint density at radius 3 is 2.88 bits per heavy atom. The van der Waals surface area contributed by atoms with E-state index in [1.165, 1.54) is 12.1 Å². The van der Waals surface area contributed by atoms with E-state index < -0.39 is 4.92 Å². The van der Waals surface area contributed by atoms with Gasteiger partial charge in [-0.05, 0) is 12.1 Å². The number of amides is 1. The lowest BCUT2D eigenvalue weighted by Gasteiger charge is -2.39. The van der Waals surface area contributed by atoms with Crippen molar-refractivity contribution in [2.24, 2.45) is 16.0 Å². The molecule has 24 heavy (non-hydrogen) atoms. The van der Waals surface area contributed by atoms with Crippen molar-refractivity contribution in [3.63, 3.8) is 0 Å². The summed E-state index contributed by atoms with van der Waals surface area (Å²) in [6.45, 7) is 1.12. The van der Waals surface area contributed by atoms with Crippen molar-refractivity contribution in [2.75, 3.05) is 13.1 Å². The minimum Gasteiger partial charge on any atom is -0.333 e. The van der Waals surface area contributed by atoms with Crippen molar-refractivity contribution >= 4 is 35.5 Å². The summed E-state index contributed by atoms with van der Waals surface area (Å²) in [6.07, 6.45) is 1.40. The van der Waals surface area contributed by atoms with E-state index in [9.17, 15) is 14.9 Å². The molecule has 2 N–H and O–H groups in total. The smallest absolute Gasteiger partial charge is 0.269 e. The fourth-order valence-corrected chi connectivity index (χ4v) is 3.92. The molecule has 1 aromatic carbocycles. The Labute approximate surface area is 141 Å². The first-order valence-corrected chi connectivity index (χ1v) is 8.32. The van der Waals surface area contributed by atoms with Crippen LogP contribution in [-0.4, -0.2) is 52.4 Å². The number of hydrogen-bond donors (Lipinski definition) is 2. The lowest BCUT2D eigenvalue weighted by Crippen LogP contribution is -2.65. The maximum Gasteiger partial charge on any atom is 0.269 e. The number of guanidine groups is 1. The lowest BCUT2D eigenvalue weighted by molar-refractivity contribution is -0.384. The summed E-state index contributed by atoms with van der Waals surface area (Å²) in [4.78, 5) is 29.9. The second-order valence-electron chi connectivity index (χ2n) is 5.66. The number of hydrogen-bond acceptors (Lipinski definition) is 8. The molecular formula is C14H14N6O3S. The molecule has 1 aromatic rings. The van der Waals surface area contributed by atoms with Crippen LogP contribution in [0.4, 0.5) is 5.69 Å². The highest BCUT2D eigenvalue weighted by molar-refractivity contribution is 8.00. The molecule has 0 spiro atoms. The van der Waals surface area contributed by atoms with Crippen LogP contribution in [-0.2, 0) is 4.79 Å². The van der Waals surface area contributed by atoms with Crippen molar-refractivity contribution in [2.45, 2.75) is 16.3 Å². The zero-order valence-corrected chi connectivity index (χ0v) is 13.3. The number of rotatable bonds is 3. The highest BCUT2D eigenvalue weighted by atomic mass is 32.2. The van der Waals surface area contributed by atoms with E-state index in [1.54, 1.807) is 35.0 Å². The normalized spacial score (nSPS) is 27.7. The fourth-order valence-electron chi connectivity index (χ4n) is 2.87. The van der Waals surface area contributed by atoms with Gasteiger partial charge in [0.1, 0.15) is 12.1 Å². The predicted octanol–water partition coefficient (Wildman–Crippen LogP) is 0.388. The minimum absolute atomic E-state index is 0.0137. The Balaban J connectivity index is 1.46. The third-order valence-electron chi connectivity index (χ3n) is 4.08. The number of benzene rings is 1. The predicted molar refractivity (Wildman–Crippen MR) is 88.8 cm³/mol. The molecule has 0 aromatic heterocycles. The van der Waals surface area contributed by atoms with Gasteiger partial charge in [-0.2, -0.15) is 5.10 Å². The molecule has 10 heteroatoms. The maximum absolute atomic E-state index is 12.5. The van der Waals surface area contributed by atoms with Crippen LogP contribution < -0.4 is 10.7 Å². The molecule has 1 saturated heterocycles. The van der Waals surface area contributed by atoms with Crippen LogP contribution in [0.5, 0.6) is 0 Å². The van der Waals surface area contributed by atoms with Gasteiger partial charge in [0.15, 0.2) is 0 Å². The summed E-state index contributed by atoms with van der Waals surface area (Å²) in [5.74, 6) is 0.257. The van der Waals surface area contributed by atoms with Gasteiger partial charge in [0.2, 0.25) is 11.9 Å². The molecule has 124 valence electrons. The number of aliphatic imine (C=N–C) groups is 1. The Morgan fingerprint density at radius 2 is 2.12 bits per heavy atom. The molecule has 3 aliphatic heterocycles. The van der Waals surface area contributed by atoms with Crippen molar-refractivity contribution in [1.82, 2.24) is 15.6 Å². The molecule has 3 aliphatic rings. The van der Waals surface area contributed by atoms with Gasteiger partial charge in [-0.1, -0.05) is 0 Å². The second kappa shape index (κ2) is 5.78. The van der Waals surface area contributed by atoms with Crippen LogP contribution in [0.25, 0.3) is 0 Å². The van der Waals surface area contributed by atoms with Gasteiger partial charge >= 0.3 is 0 Å². The average Bonchev–Trinajstić information content (AvgIpc) is 3.05. The first kappa shape index (κ1) is 14.9. The van der Waals surface area contributed by atoms with E-state index in [4.69, 9.17) is 0 Å². The van der Waals surface area contributed by atoms with E-state index in [0.29, 0.717) is 19.0 Å². The monoisotopic (exact) mass is 346 g/mol. The Morgan fingerprint density at radius 1 is 1.33 bits per heavy atom. The highest BCUT2D eigenvalue weighted by Gasteiger charge is 2.43. The number of nitrogens with one attached hydrogen (secondary N) is 2. The summed E-state index contributed by atoms with van der Waals surface area (Å²) in [5.41, 5.74) is 2.92. The van der Waals surface area contributed by atoms with Crippen LogP contribution in [0.2, 0.25) is 0 Å². The number of non-ortho nitro benzene ring substituents is 1. The first-order valence-electron chi connectivity index (χ1n) is 7.44. The number of nitro benzene ring substituents is 1. The molecule has 1 amide bonds. The highest BCUT2D eigenvalue weighted by Crippen LogP contribution is 2.29. The third kappa shape index (κ3) is 2.58. The van der Waals surface area contributed by atoms with Gasteiger partial charge in [-0.3, -0.25) is 30.2 Å². The van der Waals surface area contributed by atoms with Gasteiger partial charge in [0, 0.05) is 35.0 Å². The second-order valence-corrected chi connectivity index (χ2v) is 7.03. The van der Waals surface area contributed by atoms with Crippen LogP contribution >= 0.6 is 11.8 Å². The zero-order valence-electron chi connectivity index (χ0n) is 12.5. The lowest BCUT2D eigenvalue weighted by atomic mass is 10.0. The van der Waals surface area contributed by atoms with Crippen molar-refractivity contribution < 1.29 is 9.72 Å². The molecule has 0 radical (unpaired) electrons. The van der Waals surface area contributed by atoms with E-state index in [2.05, 4.69) is 20.8 Å². The molecule has 3 heterocycles. The van der Waals surface area contributed by atoms with Gasteiger partial charge < -0.3 is 5.32 Å². The molecule has 0 bridgehead atoms. The summed E-state index contributed by atoms with van der Waals surface area (Å²) in [6, 6.07) is 6.42. The molecule has 4 rings (SSSR count). The van der Waals surface area contributed by atoms with E-state index in [1.807, 2.05) is 0 Å². The third-order valence-corrected chi connectivity index (χ3v) is 5.26. The van der Waals surface area contributed by atoms with Crippen LogP contribution in [0.1, 0.15) is 0 Å². The molecule has 3 atom stereocenters. The van der Waals surface area contributed by atoms with E-state index in [-0.39, 0.29) is 28.9 Å². The van der Waals surface area contributed by atoms with Crippen molar-refractivity contribution in [3.05, 3.63) is 34.4 Å². The summed E-state index contributed by atoms with van der Waals surface area (Å²) in [7, 11) is 0. The summed E-state index contributed by atoms with van der Waals surface area (Å²) in [5, 5.41) is 17.9. The van der Waals surface area contributed by atoms with Crippen molar-refractivity contribution in [1.29, 1.82) is 0 Å². The summed E-state index contributed by atoms with van der Waals surface area (Å²) >= 11 is 1.57. The number of hydrazone groups is 1. The standard InChI is InChI=1S/C14H14N6O3S/c21-13-11-6-16-18-12(11)17-14-15-5-10(7-19(13)14)24-9-3-1-8(2-4-9)20(22)23/h1-4,6,10-12,18H,5,7H2,(H,15,17). The number of carbonyl (C=O) groups excluding carboxylic acids is 1. The van der Waals surface area contributed by atoms with E-state index in [0.717, 1.165) is 4.90 Å². The number of nitro groups is 1. The topological polar surface area (TPSA) is 112 Å².